The Balaban J connectivity index is 2.11. The Labute approximate surface area is 89.8 Å². The first-order chi connectivity index (χ1) is 7.31. The van der Waals surface area contributed by atoms with Crippen molar-refractivity contribution in [1.82, 2.24) is 5.32 Å². The molecule has 0 radical (unpaired) electrons. The second-order valence-electron chi connectivity index (χ2n) is 3.80. The molecule has 0 aromatic carbocycles. The second kappa shape index (κ2) is 4.71. The molecule has 1 fully saturated rings. The van der Waals surface area contributed by atoms with Gasteiger partial charge >= 0.3 is 12.1 Å². The van der Waals surface area contributed by atoms with Gasteiger partial charge in [0, 0.05) is 13.0 Å². The van der Waals surface area contributed by atoms with E-state index in [2.05, 4.69) is 5.32 Å². The van der Waals surface area contributed by atoms with Gasteiger partial charge in [-0.05, 0) is 12.8 Å². The number of aliphatic carboxylic acids is 1. The zero-order chi connectivity index (χ0) is 12.3. The molecule has 1 aliphatic rings. The smallest absolute Gasteiger partial charge is 0.389 e. The summed E-state index contributed by atoms with van der Waals surface area (Å²) in [6, 6.07) is 0. The van der Waals surface area contributed by atoms with E-state index in [4.69, 9.17) is 5.11 Å². The molecule has 4 nitrogen and oxygen atoms in total. The van der Waals surface area contributed by atoms with Gasteiger partial charge < -0.3 is 10.4 Å². The minimum absolute atomic E-state index is 0.0683. The van der Waals surface area contributed by atoms with Crippen LogP contribution in [-0.2, 0) is 9.59 Å². The molecule has 0 unspecified atom stereocenters. The maximum Gasteiger partial charge on any atom is 0.389 e. The predicted octanol–water partition coefficient (Wildman–Crippen LogP) is 1.17. The van der Waals surface area contributed by atoms with Crippen molar-refractivity contribution in [3.63, 3.8) is 0 Å². The molecule has 1 amide bonds. The van der Waals surface area contributed by atoms with Gasteiger partial charge in [-0.15, -0.1) is 0 Å². The number of amides is 1. The third kappa shape index (κ3) is 4.08. The fraction of sp³-hybridized carbons (Fsp3) is 0.778. The van der Waals surface area contributed by atoms with E-state index in [0.717, 1.165) is 0 Å². The number of alkyl halides is 3. The number of carboxylic acids is 1. The number of carboxylic acid groups (broad SMARTS) is 1. The van der Waals surface area contributed by atoms with Gasteiger partial charge in [-0.2, -0.15) is 13.2 Å². The van der Waals surface area contributed by atoms with Crippen molar-refractivity contribution in [3.05, 3.63) is 0 Å². The summed E-state index contributed by atoms with van der Waals surface area (Å²) in [5.74, 6) is -2.73. The second-order valence-corrected chi connectivity index (χ2v) is 3.80. The van der Waals surface area contributed by atoms with E-state index in [1.165, 1.54) is 0 Å². The van der Waals surface area contributed by atoms with Gasteiger partial charge in [-0.3, -0.25) is 9.59 Å². The van der Waals surface area contributed by atoms with Crippen molar-refractivity contribution in [2.24, 2.45) is 11.8 Å². The van der Waals surface area contributed by atoms with Crippen LogP contribution in [0.4, 0.5) is 13.2 Å². The molecular formula is C9H12F3NO3. The lowest BCUT2D eigenvalue weighted by Crippen LogP contribution is -2.28. The topological polar surface area (TPSA) is 66.4 Å². The molecule has 0 aromatic rings. The van der Waals surface area contributed by atoms with Crippen molar-refractivity contribution < 1.29 is 27.9 Å². The van der Waals surface area contributed by atoms with Crippen LogP contribution in [0.5, 0.6) is 0 Å². The predicted molar refractivity (Wildman–Crippen MR) is 47.5 cm³/mol. The fourth-order valence-corrected chi connectivity index (χ4v) is 1.39. The molecule has 1 saturated carbocycles. The number of nitrogens with one attached hydrogen (secondary N) is 1. The Hall–Kier alpha value is -1.27. The lowest BCUT2D eigenvalue weighted by atomic mass is 10.2. The summed E-state index contributed by atoms with van der Waals surface area (Å²) in [6.45, 7) is -0.0683. The van der Waals surface area contributed by atoms with Gasteiger partial charge in [0.1, 0.15) is 0 Å². The summed E-state index contributed by atoms with van der Waals surface area (Å²) in [5, 5.41) is 10.8. The Morgan fingerprint density at radius 3 is 2.38 bits per heavy atom. The average Bonchev–Trinajstić information content (AvgIpc) is 2.89. The molecule has 0 bridgehead atoms. The molecule has 0 heterocycles. The number of halogens is 3. The van der Waals surface area contributed by atoms with E-state index in [1.807, 2.05) is 0 Å². The quantitative estimate of drug-likeness (QED) is 0.707. The Morgan fingerprint density at radius 2 is 1.94 bits per heavy atom. The van der Waals surface area contributed by atoms with E-state index in [-0.39, 0.29) is 19.4 Å². The minimum atomic E-state index is -4.21. The molecule has 2 N–H and O–H groups in total. The Bertz CT molecular complexity index is 290. The molecule has 0 saturated heterocycles. The number of hydrogen-bond acceptors (Lipinski definition) is 2. The van der Waals surface area contributed by atoms with Gasteiger partial charge in [-0.1, -0.05) is 0 Å². The van der Waals surface area contributed by atoms with Gasteiger partial charge in [0.15, 0.2) is 0 Å². The van der Waals surface area contributed by atoms with Crippen molar-refractivity contribution in [2.75, 3.05) is 6.54 Å². The zero-order valence-corrected chi connectivity index (χ0v) is 8.38. The summed E-state index contributed by atoms with van der Waals surface area (Å²) in [7, 11) is 0. The highest BCUT2D eigenvalue weighted by Crippen LogP contribution is 2.38. The molecule has 1 rings (SSSR count). The van der Waals surface area contributed by atoms with Crippen molar-refractivity contribution in [2.45, 2.75) is 25.4 Å². The summed E-state index contributed by atoms with van der Waals surface area (Å²) in [6.07, 6.45) is -5.06. The first-order valence-corrected chi connectivity index (χ1v) is 4.88. The van der Waals surface area contributed by atoms with Crippen LogP contribution in [-0.4, -0.2) is 29.7 Å². The summed E-state index contributed by atoms with van der Waals surface area (Å²) < 4.78 is 35.2. The monoisotopic (exact) mass is 239 g/mol. The standard InChI is InChI=1S/C9H12F3NO3/c10-9(11,12)2-1-3-13-7(14)5-4-6(5)8(15)16/h5-6H,1-4H2,(H,13,14)(H,15,16)/t5-,6+/m1/s1. The lowest BCUT2D eigenvalue weighted by molar-refractivity contribution is -0.140. The first kappa shape index (κ1) is 12.8. The van der Waals surface area contributed by atoms with E-state index >= 15 is 0 Å². The normalized spacial score (nSPS) is 23.9. The first-order valence-electron chi connectivity index (χ1n) is 4.88. The van der Waals surface area contributed by atoms with Gasteiger partial charge in [0.2, 0.25) is 5.91 Å². The summed E-state index contributed by atoms with van der Waals surface area (Å²) in [4.78, 5) is 21.6. The van der Waals surface area contributed by atoms with Crippen molar-refractivity contribution in [1.29, 1.82) is 0 Å². The van der Waals surface area contributed by atoms with Crippen LogP contribution in [0.1, 0.15) is 19.3 Å². The average molecular weight is 239 g/mol. The SMILES string of the molecule is O=C(O)[C@H]1C[C@H]1C(=O)NCCCC(F)(F)F. The Morgan fingerprint density at radius 1 is 1.31 bits per heavy atom. The molecule has 0 aliphatic heterocycles. The maximum absolute atomic E-state index is 11.7. The zero-order valence-electron chi connectivity index (χ0n) is 8.38. The molecular weight excluding hydrogens is 227 g/mol. The van der Waals surface area contributed by atoms with Crippen LogP contribution in [0.25, 0.3) is 0 Å². The summed E-state index contributed by atoms with van der Waals surface area (Å²) >= 11 is 0. The van der Waals surface area contributed by atoms with Gasteiger partial charge in [-0.25, -0.2) is 0 Å². The van der Waals surface area contributed by atoms with Crippen LogP contribution >= 0.6 is 0 Å². The molecule has 92 valence electrons. The van der Waals surface area contributed by atoms with E-state index in [0.29, 0.717) is 0 Å². The molecule has 0 aromatic heterocycles. The third-order valence-electron chi connectivity index (χ3n) is 2.38. The highest BCUT2D eigenvalue weighted by Gasteiger charge is 2.48. The molecule has 1 aliphatic carbocycles. The number of hydrogen-bond donors (Lipinski definition) is 2. The highest BCUT2D eigenvalue weighted by atomic mass is 19.4. The summed E-state index contributed by atoms with van der Waals surface area (Å²) in [5.41, 5.74) is 0. The largest absolute Gasteiger partial charge is 0.481 e. The van der Waals surface area contributed by atoms with Crippen LogP contribution in [0.2, 0.25) is 0 Å². The molecule has 0 spiro atoms. The van der Waals surface area contributed by atoms with Crippen LogP contribution < -0.4 is 5.32 Å². The van der Waals surface area contributed by atoms with E-state index in [9.17, 15) is 22.8 Å². The minimum Gasteiger partial charge on any atom is -0.481 e. The molecule has 16 heavy (non-hydrogen) atoms. The number of carbonyl (C=O) groups excluding carboxylic acids is 1. The molecule has 2 atom stereocenters. The Kier molecular flexibility index (Phi) is 3.77. The van der Waals surface area contributed by atoms with Gasteiger partial charge in [0.05, 0.1) is 11.8 Å². The van der Waals surface area contributed by atoms with E-state index < -0.39 is 36.3 Å². The highest BCUT2D eigenvalue weighted by molar-refractivity contribution is 5.89. The van der Waals surface area contributed by atoms with Crippen LogP contribution in [0.3, 0.4) is 0 Å². The van der Waals surface area contributed by atoms with Crippen LogP contribution in [0, 0.1) is 11.8 Å². The molecule has 7 heteroatoms. The third-order valence-corrected chi connectivity index (χ3v) is 2.38. The van der Waals surface area contributed by atoms with Crippen LogP contribution in [0.15, 0.2) is 0 Å². The van der Waals surface area contributed by atoms with Gasteiger partial charge in [0.25, 0.3) is 0 Å². The fourth-order valence-electron chi connectivity index (χ4n) is 1.39. The van der Waals surface area contributed by atoms with Crippen molar-refractivity contribution >= 4 is 11.9 Å². The lowest BCUT2D eigenvalue weighted by Gasteiger charge is -2.06. The van der Waals surface area contributed by atoms with E-state index in [1.54, 1.807) is 0 Å². The maximum atomic E-state index is 11.7. The van der Waals surface area contributed by atoms with Crippen molar-refractivity contribution in [3.8, 4) is 0 Å². The number of rotatable bonds is 5. The number of carbonyl (C=O) groups is 2.